The molecule has 0 radical (unpaired) electrons. The molecule has 0 spiro atoms. The molecule has 1 aliphatic carbocycles. The van der Waals surface area contributed by atoms with Crippen LogP contribution in [0, 0.1) is 18.7 Å². The second-order valence-corrected chi connectivity index (χ2v) is 15.7. The third-order valence-corrected chi connectivity index (χ3v) is 12.1. The van der Waals surface area contributed by atoms with Crippen molar-refractivity contribution in [3.05, 3.63) is 96.5 Å². The van der Waals surface area contributed by atoms with Crippen LogP contribution in [0.5, 0.6) is 5.88 Å². The number of nitrogens with one attached hydrogen (secondary N) is 2. The van der Waals surface area contributed by atoms with E-state index in [2.05, 4.69) is 36.4 Å². The van der Waals surface area contributed by atoms with Crippen LogP contribution in [-0.2, 0) is 31.7 Å². The van der Waals surface area contributed by atoms with Crippen molar-refractivity contribution < 1.29 is 23.5 Å². The van der Waals surface area contributed by atoms with E-state index in [1.54, 1.807) is 33.3 Å². The molecule has 12 nitrogen and oxygen atoms in total. The summed E-state index contributed by atoms with van der Waals surface area (Å²) in [6.45, 7) is 10.5. The molecule has 0 bridgehead atoms. The van der Waals surface area contributed by atoms with Crippen LogP contribution >= 0.6 is 11.6 Å². The summed E-state index contributed by atoms with van der Waals surface area (Å²) >= 11 is 6.88. The van der Waals surface area contributed by atoms with E-state index in [4.69, 9.17) is 21.1 Å². The molecular formula is C44H56ClFN6O6. The summed E-state index contributed by atoms with van der Waals surface area (Å²) in [5.74, 6) is 0.0631. The number of carbonyl (C=O) groups is 2. The number of aryl methyl sites for hydroxylation is 2. The minimum atomic E-state index is -0.733. The molecule has 1 fully saturated rings. The lowest BCUT2D eigenvalue weighted by Crippen LogP contribution is -2.60. The zero-order valence-electron chi connectivity index (χ0n) is 34.9. The Morgan fingerprint density at radius 1 is 1.10 bits per heavy atom. The Morgan fingerprint density at radius 2 is 1.84 bits per heavy atom. The van der Waals surface area contributed by atoms with Crippen LogP contribution in [0.25, 0.3) is 22.4 Å². The molecule has 1 saturated heterocycles. The van der Waals surface area contributed by atoms with E-state index in [9.17, 15) is 19.2 Å². The number of nitrogens with zero attached hydrogens (tertiary/aromatic N) is 4. The number of pyridine rings is 1. The maximum Gasteiger partial charge on any atom is 0.330 e. The van der Waals surface area contributed by atoms with Gasteiger partial charge in [-0.1, -0.05) is 57.0 Å². The van der Waals surface area contributed by atoms with Gasteiger partial charge in [0.1, 0.15) is 11.4 Å². The van der Waals surface area contributed by atoms with Crippen molar-refractivity contribution in [1.82, 2.24) is 24.3 Å². The molecule has 312 valence electrons. The van der Waals surface area contributed by atoms with Gasteiger partial charge in [-0.3, -0.25) is 14.2 Å². The van der Waals surface area contributed by atoms with Gasteiger partial charge in [-0.2, -0.15) is 0 Å². The first-order valence-electron chi connectivity index (χ1n) is 20.0. The SMILES string of the molecule is CCC(C)CCC1(CC)CCN(CCOC)C(=O)N1.COc1nc(-c2cccc(-c3c(F)ccc(NC(=O)c4cn(C)c(=O)n(C)c4=O)c3C)c2Cl)cc2c1CCC2. The van der Waals surface area contributed by atoms with Crippen molar-refractivity contribution in [3.63, 3.8) is 0 Å². The van der Waals surface area contributed by atoms with E-state index >= 15 is 4.39 Å². The number of hydrogen-bond acceptors (Lipinski definition) is 7. The zero-order valence-corrected chi connectivity index (χ0v) is 35.6. The number of aromatic nitrogens is 3. The lowest BCUT2D eigenvalue weighted by molar-refractivity contribution is 0.102. The number of urea groups is 1. The highest BCUT2D eigenvalue weighted by atomic mass is 35.5. The molecule has 2 unspecified atom stereocenters. The van der Waals surface area contributed by atoms with E-state index in [1.165, 1.54) is 45.3 Å². The van der Waals surface area contributed by atoms with Gasteiger partial charge in [0.05, 0.1) is 24.4 Å². The smallest absolute Gasteiger partial charge is 0.330 e. The molecule has 4 aromatic rings. The fraction of sp³-hybridized carbons (Fsp3) is 0.477. The van der Waals surface area contributed by atoms with Crippen molar-refractivity contribution in [3.8, 4) is 28.3 Å². The molecule has 3 amide bonds. The van der Waals surface area contributed by atoms with E-state index in [0.29, 0.717) is 52.1 Å². The molecule has 2 aromatic carbocycles. The van der Waals surface area contributed by atoms with Gasteiger partial charge in [-0.15, -0.1) is 0 Å². The molecule has 14 heteroatoms. The lowest BCUT2D eigenvalue weighted by atomic mass is 9.82. The van der Waals surface area contributed by atoms with Crippen LogP contribution in [0.3, 0.4) is 0 Å². The highest BCUT2D eigenvalue weighted by Gasteiger charge is 2.36. The second-order valence-electron chi connectivity index (χ2n) is 15.4. The first-order chi connectivity index (χ1) is 27.7. The third kappa shape index (κ3) is 9.47. The predicted octanol–water partition coefficient (Wildman–Crippen LogP) is 7.69. The monoisotopic (exact) mass is 818 g/mol. The minimum absolute atomic E-state index is 0.0179. The van der Waals surface area contributed by atoms with Crippen LogP contribution in [0.1, 0.15) is 86.3 Å². The maximum absolute atomic E-state index is 15.3. The quantitative estimate of drug-likeness (QED) is 0.141. The molecule has 1 aliphatic heterocycles. The van der Waals surface area contributed by atoms with E-state index < -0.39 is 23.0 Å². The summed E-state index contributed by atoms with van der Waals surface area (Å²) in [6.07, 6.45) is 9.62. The lowest BCUT2D eigenvalue weighted by Gasteiger charge is -2.42. The van der Waals surface area contributed by atoms with Crippen molar-refractivity contribution in [1.29, 1.82) is 0 Å². The molecule has 3 heterocycles. The first kappa shape index (κ1) is 44.1. The van der Waals surface area contributed by atoms with Crippen LogP contribution in [0.15, 0.2) is 52.2 Å². The summed E-state index contributed by atoms with van der Waals surface area (Å²) in [6, 6.07) is 10.0. The van der Waals surface area contributed by atoms with Crippen LogP contribution in [0.4, 0.5) is 14.9 Å². The molecule has 2 aromatic heterocycles. The van der Waals surface area contributed by atoms with Gasteiger partial charge >= 0.3 is 11.7 Å². The first-order valence-corrected chi connectivity index (χ1v) is 20.4. The normalized spacial score (nSPS) is 16.6. The van der Waals surface area contributed by atoms with E-state index in [0.717, 1.165) is 71.2 Å². The van der Waals surface area contributed by atoms with Gasteiger partial charge in [-0.25, -0.2) is 19.0 Å². The molecule has 2 N–H and O–H groups in total. The Labute approximate surface area is 344 Å². The average Bonchev–Trinajstić information content (AvgIpc) is 3.70. The third-order valence-electron chi connectivity index (χ3n) is 11.7. The van der Waals surface area contributed by atoms with Gasteiger partial charge in [-0.05, 0) is 87.1 Å². The van der Waals surface area contributed by atoms with Gasteiger partial charge in [0.25, 0.3) is 11.5 Å². The van der Waals surface area contributed by atoms with Crippen molar-refractivity contribution in [2.45, 2.75) is 84.6 Å². The van der Waals surface area contributed by atoms with Gasteiger partial charge in [0, 0.05) is 74.0 Å². The largest absolute Gasteiger partial charge is 0.481 e. The second kappa shape index (κ2) is 19.2. The van der Waals surface area contributed by atoms with Crippen molar-refractivity contribution >= 4 is 29.2 Å². The van der Waals surface area contributed by atoms with E-state index in [1.807, 2.05) is 17.0 Å². The summed E-state index contributed by atoms with van der Waals surface area (Å²) in [5, 5.41) is 6.24. The molecular weight excluding hydrogens is 763 g/mol. The van der Waals surface area contributed by atoms with E-state index in [-0.39, 0.29) is 22.7 Å². The Balaban J connectivity index is 0.000000284. The van der Waals surface area contributed by atoms with Crippen LogP contribution in [-0.4, -0.2) is 70.4 Å². The zero-order chi connectivity index (χ0) is 42.3. The minimum Gasteiger partial charge on any atom is -0.481 e. The summed E-state index contributed by atoms with van der Waals surface area (Å²) in [5.41, 5.74) is 3.39. The number of carbonyl (C=O) groups excluding carboxylic acids is 2. The number of anilines is 1. The Morgan fingerprint density at radius 3 is 2.52 bits per heavy atom. The molecule has 0 saturated carbocycles. The molecule has 6 rings (SSSR count). The fourth-order valence-corrected chi connectivity index (χ4v) is 7.98. The number of fused-ring (bicyclic) bond motifs is 1. The average molecular weight is 819 g/mol. The van der Waals surface area contributed by atoms with Gasteiger partial charge in [0.15, 0.2) is 0 Å². The van der Waals surface area contributed by atoms with Crippen molar-refractivity contribution in [2.24, 2.45) is 20.0 Å². The summed E-state index contributed by atoms with van der Waals surface area (Å²) in [7, 11) is 6.00. The number of hydrogen-bond donors (Lipinski definition) is 2. The standard InChI is InChI=1S/C29H26ClFN4O4.C15H30N2O2/c1-15-22(32-26(36)20-14-34(2)29(38)35(3)28(20)37)12-11-21(31)24(15)19-10-6-9-18(25(19)30)23-13-16-7-5-8-17(16)27(33-23)39-4;1-5-13(3)7-8-15(6-2)9-10-17(11-12-19-4)14(18)16-15/h6,9-14H,5,7-8H2,1-4H3,(H,32,36);13H,5-12H2,1-4H3,(H,16,18). The maximum atomic E-state index is 15.3. The fourth-order valence-electron chi connectivity index (χ4n) is 7.66. The number of ether oxygens (including phenoxy) is 2. The predicted molar refractivity (Wildman–Crippen MR) is 227 cm³/mol. The highest BCUT2D eigenvalue weighted by molar-refractivity contribution is 6.36. The Bertz CT molecular complexity index is 2270. The number of halogens is 2. The Kier molecular flexibility index (Phi) is 14.6. The van der Waals surface area contributed by atoms with Crippen molar-refractivity contribution in [2.75, 3.05) is 39.2 Å². The number of rotatable bonds is 13. The van der Waals surface area contributed by atoms with Gasteiger partial charge in [0.2, 0.25) is 5.88 Å². The highest BCUT2D eigenvalue weighted by Crippen LogP contribution is 2.42. The molecule has 58 heavy (non-hydrogen) atoms. The van der Waals surface area contributed by atoms with Gasteiger partial charge < -0.3 is 29.6 Å². The summed E-state index contributed by atoms with van der Waals surface area (Å²) in [4.78, 5) is 56.2. The summed E-state index contributed by atoms with van der Waals surface area (Å²) < 4.78 is 27.9. The number of methoxy groups -OCH3 is 2. The Hall–Kier alpha value is -5.01. The topological polar surface area (TPSA) is 137 Å². The molecule has 2 atom stereocenters. The molecule has 2 aliphatic rings. The van der Waals surface area contributed by atoms with Crippen LogP contribution in [0.2, 0.25) is 5.02 Å². The number of amides is 3. The number of benzene rings is 2. The van der Waals surface area contributed by atoms with Crippen LogP contribution < -0.4 is 26.6 Å².